The number of methoxy groups -OCH3 is 2. The van der Waals surface area contributed by atoms with Gasteiger partial charge in [0.15, 0.2) is 17.3 Å². The van der Waals surface area contributed by atoms with Crippen molar-refractivity contribution in [3.63, 3.8) is 0 Å². The maximum absolute atomic E-state index is 12.4. The molecule has 0 aliphatic heterocycles. The van der Waals surface area contributed by atoms with Gasteiger partial charge in [0.2, 0.25) is 0 Å². The Morgan fingerprint density at radius 2 is 1.70 bits per heavy atom. The number of ether oxygens (including phenoxy) is 2. The molecule has 0 fully saturated rings. The Kier molecular flexibility index (Phi) is 3.94. The zero-order valence-corrected chi connectivity index (χ0v) is 11.6. The highest BCUT2D eigenvalue weighted by Crippen LogP contribution is 2.30. The highest BCUT2D eigenvalue weighted by atomic mass is 16.5. The van der Waals surface area contributed by atoms with Crippen LogP contribution in [0.4, 0.5) is 0 Å². The highest BCUT2D eigenvalue weighted by Gasteiger charge is 2.16. The lowest BCUT2D eigenvalue weighted by Gasteiger charge is -2.10. The summed E-state index contributed by atoms with van der Waals surface area (Å²) in [7, 11) is 3.04. The first kappa shape index (κ1) is 13.9. The predicted octanol–water partition coefficient (Wildman–Crippen LogP) is 2.95. The van der Waals surface area contributed by atoms with Crippen molar-refractivity contribution >= 4 is 5.78 Å². The molecular weight excluding hydrogens is 256 g/mol. The van der Waals surface area contributed by atoms with Crippen LogP contribution in [0, 0.1) is 6.92 Å². The van der Waals surface area contributed by atoms with Crippen LogP contribution in [-0.4, -0.2) is 25.1 Å². The lowest BCUT2D eigenvalue weighted by Crippen LogP contribution is -2.03. The number of hydrogen-bond donors (Lipinski definition) is 1. The van der Waals surface area contributed by atoms with Crippen LogP contribution < -0.4 is 9.47 Å². The molecule has 0 aliphatic carbocycles. The maximum Gasteiger partial charge on any atom is 0.196 e. The highest BCUT2D eigenvalue weighted by molar-refractivity contribution is 6.11. The minimum atomic E-state index is -0.257. The molecule has 1 N–H and O–H groups in total. The number of hydrogen-bond acceptors (Lipinski definition) is 4. The number of phenolic OH excluding ortho intramolecular Hbond substituents is 1. The molecule has 4 nitrogen and oxygen atoms in total. The summed E-state index contributed by atoms with van der Waals surface area (Å²) in [5.41, 5.74) is 1.62. The van der Waals surface area contributed by atoms with Gasteiger partial charge in [-0.1, -0.05) is 11.6 Å². The van der Waals surface area contributed by atoms with Crippen molar-refractivity contribution in [2.75, 3.05) is 14.2 Å². The Morgan fingerprint density at radius 3 is 2.35 bits per heavy atom. The number of aryl methyl sites for hydroxylation is 1. The Bertz CT molecular complexity index is 647. The van der Waals surface area contributed by atoms with E-state index in [2.05, 4.69) is 0 Å². The van der Waals surface area contributed by atoms with E-state index in [4.69, 9.17) is 9.47 Å². The van der Waals surface area contributed by atoms with Crippen molar-refractivity contribution in [1.29, 1.82) is 0 Å². The van der Waals surface area contributed by atoms with Crippen LogP contribution in [-0.2, 0) is 0 Å². The number of phenols is 1. The number of benzene rings is 2. The molecule has 2 aromatic carbocycles. The summed E-state index contributed by atoms with van der Waals surface area (Å²) >= 11 is 0. The quantitative estimate of drug-likeness (QED) is 0.869. The van der Waals surface area contributed by atoms with E-state index in [1.54, 1.807) is 30.3 Å². The number of aromatic hydroxyl groups is 1. The second-order valence-corrected chi connectivity index (χ2v) is 4.42. The standard InChI is InChI=1S/C16H16O4/c1-10-4-6-13(17)12(8-10)16(18)11-5-7-14(19-2)15(9-11)20-3/h4-9,17H,1-3H3. The Labute approximate surface area is 117 Å². The zero-order chi connectivity index (χ0) is 14.7. The van der Waals surface area contributed by atoms with E-state index in [0.29, 0.717) is 17.1 Å². The fourth-order valence-electron chi connectivity index (χ4n) is 1.96. The molecule has 0 unspecified atom stereocenters. The van der Waals surface area contributed by atoms with Crippen molar-refractivity contribution in [3.05, 3.63) is 53.1 Å². The van der Waals surface area contributed by atoms with E-state index in [1.165, 1.54) is 20.3 Å². The molecule has 0 saturated carbocycles. The normalized spacial score (nSPS) is 10.2. The lowest BCUT2D eigenvalue weighted by molar-refractivity contribution is 0.103. The number of carbonyl (C=O) groups excluding carboxylic acids is 1. The van der Waals surface area contributed by atoms with Crippen LogP contribution in [0.5, 0.6) is 17.2 Å². The van der Waals surface area contributed by atoms with Crippen molar-refractivity contribution in [2.24, 2.45) is 0 Å². The zero-order valence-electron chi connectivity index (χ0n) is 11.6. The molecule has 0 spiro atoms. The molecule has 0 bridgehead atoms. The van der Waals surface area contributed by atoms with E-state index < -0.39 is 0 Å². The lowest BCUT2D eigenvalue weighted by atomic mass is 10.0. The van der Waals surface area contributed by atoms with Gasteiger partial charge < -0.3 is 14.6 Å². The molecule has 4 heteroatoms. The van der Waals surface area contributed by atoms with Crippen LogP contribution in [0.15, 0.2) is 36.4 Å². The molecule has 2 aromatic rings. The summed E-state index contributed by atoms with van der Waals surface area (Å²) < 4.78 is 10.3. The van der Waals surface area contributed by atoms with E-state index in [9.17, 15) is 9.90 Å². The molecule has 0 amide bonds. The average Bonchev–Trinajstić information content (AvgIpc) is 2.48. The van der Waals surface area contributed by atoms with Gasteiger partial charge in [-0.15, -0.1) is 0 Å². The van der Waals surface area contributed by atoms with E-state index in [1.807, 2.05) is 6.92 Å². The van der Waals surface area contributed by atoms with Gasteiger partial charge in [0.05, 0.1) is 19.8 Å². The molecule has 0 heterocycles. The first-order valence-corrected chi connectivity index (χ1v) is 6.13. The van der Waals surface area contributed by atoms with Crippen LogP contribution >= 0.6 is 0 Å². The monoisotopic (exact) mass is 272 g/mol. The van der Waals surface area contributed by atoms with Crippen LogP contribution in [0.1, 0.15) is 21.5 Å². The fraction of sp³-hybridized carbons (Fsp3) is 0.188. The van der Waals surface area contributed by atoms with Crippen LogP contribution in [0.25, 0.3) is 0 Å². The average molecular weight is 272 g/mol. The molecule has 0 saturated heterocycles. The number of ketones is 1. The molecule has 0 aromatic heterocycles. The van der Waals surface area contributed by atoms with Crippen molar-refractivity contribution < 1.29 is 19.4 Å². The van der Waals surface area contributed by atoms with Gasteiger partial charge in [-0.2, -0.15) is 0 Å². The van der Waals surface area contributed by atoms with E-state index in [-0.39, 0.29) is 17.1 Å². The third kappa shape index (κ3) is 2.59. The summed E-state index contributed by atoms with van der Waals surface area (Å²) in [6.07, 6.45) is 0. The summed E-state index contributed by atoms with van der Waals surface area (Å²) in [4.78, 5) is 12.4. The molecule has 20 heavy (non-hydrogen) atoms. The third-order valence-electron chi connectivity index (χ3n) is 3.04. The second-order valence-electron chi connectivity index (χ2n) is 4.42. The second kappa shape index (κ2) is 5.65. The van der Waals surface area contributed by atoms with E-state index >= 15 is 0 Å². The number of rotatable bonds is 4. The van der Waals surface area contributed by atoms with Gasteiger partial charge in [0, 0.05) is 5.56 Å². The molecule has 2 rings (SSSR count). The Balaban J connectivity index is 2.45. The predicted molar refractivity (Wildman–Crippen MR) is 75.8 cm³/mol. The molecule has 0 atom stereocenters. The summed E-state index contributed by atoms with van der Waals surface area (Å²) in [5, 5.41) is 9.82. The number of carbonyl (C=O) groups is 1. The Hall–Kier alpha value is -2.49. The smallest absolute Gasteiger partial charge is 0.196 e. The SMILES string of the molecule is COc1ccc(C(=O)c2cc(C)ccc2O)cc1OC. The van der Waals surface area contributed by atoms with Gasteiger partial charge in [-0.05, 0) is 37.3 Å². The molecule has 0 radical (unpaired) electrons. The maximum atomic E-state index is 12.4. The van der Waals surface area contributed by atoms with Gasteiger partial charge in [0.1, 0.15) is 5.75 Å². The first-order valence-electron chi connectivity index (χ1n) is 6.13. The van der Waals surface area contributed by atoms with Crippen molar-refractivity contribution in [3.8, 4) is 17.2 Å². The third-order valence-corrected chi connectivity index (χ3v) is 3.04. The molecule has 104 valence electrons. The van der Waals surface area contributed by atoms with Crippen molar-refractivity contribution in [1.82, 2.24) is 0 Å². The van der Waals surface area contributed by atoms with Crippen LogP contribution in [0.2, 0.25) is 0 Å². The minimum absolute atomic E-state index is 0.0321. The summed E-state index contributed by atoms with van der Waals surface area (Å²) in [5.74, 6) is 0.741. The molecular formula is C16H16O4. The molecule has 0 aliphatic rings. The van der Waals surface area contributed by atoms with E-state index in [0.717, 1.165) is 5.56 Å². The van der Waals surface area contributed by atoms with Gasteiger partial charge in [0.25, 0.3) is 0 Å². The van der Waals surface area contributed by atoms with Gasteiger partial charge in [-0.25, -0.2) is 0 Å². The van der Waals surface area contributed by atoms with Gasteiger partial charge in [-0.3, -0.25) is 4.79 Å². The van der Waals surface area contributed by atoms with Crippen molar-refractivity contribution in [2.45, 2.75) is 6.92 Å². The topological polar surface area (TPSA) is 55.8 Å². The Morgan fingerprint density at radius 1 is 1.00 bits per heavy atom. The van der Waals surface area contributed by atoms with Gasteiger partial charge >= 0.3 is 0 Å². The van der Waals surface area contributed by atoms with Crippen LogP contribution in [0.3, 0.4) is 0 Å². The fourth-order valence-corrected chi connectivity index (χ4v) is 1.96. The minimum Gasteiger partial charge on any atom is -0.507 e. The first-order chi connectivity index (χ1) is 9.56. The largest absolute Gasteiger partial charge is 0.507 e. The summed E-state index contributed by atoms with van der Waals surface area (Å²) in [6.45, 7) is 1.87. The summed E-state index contributed by atoms with van der Waals surface area (Å²) in [6, 6.07) is 9.84.